The fourth-order valence-corrected chi connectivity index (χ4v) is 3.49. The van der Waals surface area contributed by atoms with Crippen LogP contribution in [0, 0.1) is 17.8 Å². The van der Waals surface area contributed by atoms with Crippen LogP contribution in [0.3, 0.4) is 0 Å². The molecule has 1 aliphatic rings. The van der Waals surface area contributed by atoms with Crippen LogP contribution in [0.5, 0.6) is 0 Å². The highest BCUT2D eigenvalue weighted by Gasteiger charge is 2.22. The quantitative estimate of drug-likeness (QED) is 0.841. The second-order valence-electron chi connectivity index (χ2n) is 5.28. The fraction of sp³-hybridized carbons (Fsp3) is 0.562. The van der Waals surface area contributed by atoms with E-state index in [-0.39, 0.29) is 18.6 Å². The lowest BCUT2D eigenvalue weighted by molar-refractivity contribution is 0.0923. The molecule has 0 saturated heterocycles. The molecule has 4 heteroatoms. The molecule has 20 heavy (non-hydrogen) atoms. The van der Waals surface area contributed by atoms with Gasteiger partial charge in [-0.15, -0.1) is 11.3 Å². The summed E-state index contributed by atoms with van der Waals surface area (Å²) in [5.41, 5.74) is 0.706. The number of rotatable bonds is 3. The van der Waals surface area contributed by atoms with Crippen molar-refractivity contribution in [2.45, 2.75) is 45.1 Å². The molecule has 0 radical (unpaired) electrons. The van der Waals surface area contributed by atoms with Gasteiger partial charge < -0.3 is 10.4 Å². The van der Waals surface area contributed by atoms with Gasteiger partial charge in [0.05, 0.1) is 0 Å². The van der Waals surface area contributed by atoms with Crippen LogP contribution < -0.4 is 5.32 Å². The zero-order valence-corrected chi connectivity index (χ0v) is 12.6. The largest absolute Gasteiger partial charge is 0.384 e. The van der Waals surface area contributed by atoms with E-state index in [1.54, 1.807) is 0 Å². The Kier molecular flexibility index (Phi) is 5.63. The van der Waals surface area contributed by atoms with Crippen LogP contribution in [0.25, 0.3) is 0 Å². The van der Waals surface area contributed by atoms with Crippen molar-refractivity contribution in [3.05, 3.63) is 21.9 Å². The summed E-state index contributed by atoms with van der Waals surface area (Å²) in [5.74, 6) is 5.98. The van der Waals surface area contributed by atoms with Gasteiger partial charge in [0, 0.05) is 11.6 Å². The summed E-state index contributed by atoms with van der Waals surface area (Å²) in [6.45, 7) is 1.91. The zero-order chi connectivity index (χ0) is 14.4. The molecule has 1 amide bonds. The van der Waals surface area contributed by atoms with Crippen LogP contribution in [-0.4, -0.2) is 23.7 Å². The van der Waals surface area contributed by atoms with E-state index in [0.29, 0.717) is 16.4 Å². The third-order valence-electron chi connectivity index (χ3n) is 3.89. The summed E-state index contributed by atoms with van der Waals surface area (Å²) < 4.78 is 0. The topological polar surface area (TPSA) is 49.3 Å². The number of carbonyl (C=O) groups excluding carboxylic acids is 1. The van der Waals surface area contributed by atoms with Crippen molar-refractivity contribution in [3.63, 3.8) is 0 Å². The van der Waals surface area contributed by atoms with Gasteiger partial charge in [0.1, 0.15) is 11.5 Å². The molecule has 1 atom stereocenters. The first kappa shape index (κ1) is 15.1. The van der Waals surface area contributed by atoms with Crippen molar-refractivity contribution in [2.24, 2.45) is 5.92 Å². The zero-order valence-electron chi connectivity index (χ0n) is 11.8. The Morgan fingerprint density at radius 2 is 2.25 bits per heavy atom. The summed E-state index contributed by atoms with van der Waals surface area (Å²) in [6, 6.07) is 2.04. The second kappa shape index (κ2) is 7.47. The average molecular weight is 291 g/mol. The Morgan fingerprint density at radius 3 is 2.95 bits per heavy atom. The molecular formula is C16H21NO2S. The Labute approximate surface area is 124 Å². The second-order valence-corrected chi connectivity index (χ2v) is 6.20. The van der Waals surface area contributed by atoms with Crippen molar-refractivity contribution in [1.29, 1.82) is 0 Å². The van der Waals surface area contributed by atoms with Gasteiger partial charge in [0.15, 0.2) is 0 Å². The summed E-state index contributed by atoms with van der Waals surface area (Å²) in [5, 5.41) is 13.7. The van der Waals surface area contributed by atoms with Gasteiger partial charge in [0.25, 0.3) is 5.91 Å². The monoisotopic (exact) mass is 291 g/mol. The Hall–Kier alpha value is -1.31. The Bertz CT molecular complexity index is 506. The van der Waals surface area contributed by atoms with Crippen LogP contribution in [0.1, 0.15) is 54.3 Å². The van der Waals surface area contributed by atoms with Gasteiger partial charge >= 0.3 is 0 Å². The molecule has 2 rings (SSSR count). The number of carbonyl (C=O) groups is 1. The number of aliphatic hydroxyl groups excluding tert-OH is 1. The minimum absolute atomic E-state index is 0.0414. The molecule has 1 aromatic rings. The normalized spacial score (nSPS) is 17.1. The molecule has 0 spiro atoms. The predicted molar refractivity (Wildman–Crippen MR) is 81.8 cm³/mol. The number of hydrogen-bond donors (Lipinski definition) is 2. The standard InChI is InChI=1S/C16H21NO2S/c1-12(13-6-3-2-4-7-13)17-16(19)15-14(8-5-10-18)9-11-20-15/h9,11-13,18H,2-4,6-7,10H2,1H3,(H,17,19). The maximum atomic E-state index is 12.3. The number of aliphatic hydroxyl groups is 1. The molecule has 0 aromatic carbocycles. The highest BCUT2D eigenvalue weighted by Crippen LogP contribution is 2.26. The lowest BCUT2D eigenvalue weighted by atomic mass is 9.84. The minimum Gasteiger partial charge on any atom is -0.384 e. The highest BCUT2D eigenvalue weighted by molar-refractivity contribution is 7.12. The van der Waals surface area contributed by atoms with Crippen molar-refractivity contribution in [2.75, 3.05) is 6.61 Å². The van der Waals surface area contributed by atoms with Gasteiger partial charge in [-0.1, -0.05) is 31.1 Å². The summed E-state index contributed by atoms with van der Waals surface area (Å²) in [7, 11) is 0. The molecule has 1 fully saturated rings. The molecule has 1 aromatic heterocycles. The van der Waals surface area contributed by atoms with E-state index >= 15 is 0 Å². The van der Waals surface area contributed by atoms with E-state index in [0.717, 1.165) is 0 Å². The highest BCUT2D eigenvalue weighted by atomic mass is 32.1. The SMILES string of the molecule is CC(NC(=O)c1sccc1C#CCO)C1CCCCC1. The molecule has 0 aliphatic heterocycles. The Balaban J connectivity index is 1.99. The lowest BCUT2D eigenvalue weighted by Gasteiger charge is -2.28. The van der Waals surface area contributed by atoms with Crippen molar-refractivity contribution in [1.82, 2.24) is 5.32 Å². The molecule has 2 N–H and O–H groups in total. The smallest absolute Gasteiger partial charge is 0.262 e. The molecule has 108 valence electrons. The van der Waals surface area contributed by atoms with E-state index < -0.39 is 0 Å². The van der Waals surface area contributed by atoms with E-state index in [1.807, 2.05) is 11.4 Å². The fourth-order valence-electron chi connectivity index (χ4n) is 2.74. The average Bonchev–Trinajstić information content (AvgIpc) is 2.94. The number of hydrogen-bond acceptors (Lipinski definition) is 3. The van der Waals surface area contributed by atoms with E-state index in [9.17, 15) is 4.79 Å². The molecule has 3 nitrogen and oxygen atoms in total. The van der Waals surface area contributed by atoms with Crippen molar-refractivity contribution < 1.29 is 9.90 Å². The van der Waals surface area contributed by atoms with Gasteiger partial charge in [-0.2, -0.15) is 0 Å². The third-order valence-corrected chi connectivity index (χ3v) is 4.80. The minimum atomic E-state index is -0.185. The van der Waals surface area contributed by atoms with Crippen molar-refractivity contribution >= 4 is 17.2 Å². The van der Waals surface area contributed by atoms with Crippen LogP contribution in [0.15, 0.2) is 11.4 Å². The molecule has 1 saturated carbocycles. The number of thiophene rings is 1. The summed E-state index contributed by atoms with van der Waals surface area (Å²) in [4.78, 5) is 13.0. The van der Waals surface area contributed by atoms with Gasteiger partial charge in [-0.05, 0) is 37.1 Å². The summed E-state index contributed by atoms with van der Waals surface area (Å²) in [6.07, 6.45) is 6.29. The molecule has 1 aliphatic carbocycles. The van der Waals surface area contributed by atoms with E-state index in [4.69, 9.17) is 5.11 Å². The van der Waals surface area contributed by atoms with Crippen LogP contribution in [0.4, 0.5) is 0 Å². The van der Waals surface area contributed by atoms with Crippen molar-refractivity contribution in [3.8, 4) is 11.8 Å². The number of nitrogens with one attached hydrogen (secondary N) is 1. The van der Waals surface area contributed by atoms with Gasteiger partial charge in [0.2, 0.25) is 0 Å². The first-order valence-electron chi connectivity index (χ1n) is 7.20. The molecule has 0 bridgehead atoms. The summed E-state index contributed by atoms with van der Waals surface area (Å²) >= 11 is 1.40. The maximum absolute atomic E-state index is 12.3. The van der Waals surface area contributed by atoms with E-state index in [2.05, 4.69) is 24.1 Å². The predicted octanol–water partition coefficient (Wildman–Crippen LogP) is 2.79. The van der Waals surface area contributed by atoms with Crippen LogP contribution in [-0.2, 0) is 0 Å². The maximum Gasteiger partial charge on any atom is 0.262 e. The Morgan fingerprint density at radius 1 is 1.50 bits per heavy atom. The first-order valence-corrected chi connectivity index (χ1v) is 8.08. The first-order chi connectivity index (χ1) is 9.72. The lowest BCUT2D eigenvalue weighted by Crippen LogP contribution is -2.38. The number of amides is 1. The molecular weight excluding hydrogens is 270 g/mol. The van der Waals surface area contributed by atoms with Crippen LogP contribution >= 0.6 is 11.3 Å². The van der Waals surface area contributed by atoms with Gasteiger partial charge in [-0.25, -0.2) is 0 Å². The van der Waals surface area contributed by atoms with E-state index in [1.165, 1.54) is 43.4 Å². The van der Waals surface area contributed by atoms with Gasteiger partial charge in [-0.3, -0.25) is 4.79 Å². The van der Waals surface area contributed by atoms with Crippen LogP contribution in [0.2, 0.25) is 0 Å². The molecule has 1 unspecified atom stereocenters. The molecule has 1 heterocycles. The third kappa shape index (κ3) is 3.84.